The summed E-state index contributed by atoms with van der Waals surface area (Å²) in [6, 6.07) is 3.11. The minimum absolute atomic E-state index is 0.117. The predicted molar refractivity (Wildman–Crippen MR) is 75.0 cm³/mol. The van der Waals surface area contributed by atoms with Gasteiger partial charge in [-0.1, -0.05) is 0 Å². The quantitative estimate of drug-likeness (QED) is 0.771. The molecule has 1 N–H and O–H groups in total. The van der Waals surface area contributed by atoms with E-state index in [4.69, 9.17) is 0 Å². The summed E-state index contributed by atoms with van der Waals surface area (Å²) in [6.45, 7) is 0. The minimum atomic E-state index is -1.03. The van der Waals surface area contributed by atoms with Gasteiger partial charge in [-0.25, -0.2) is 18.7 Å². The van der Waals surface area contributed by atoms with Gasteiger partial charge >= 0.3 is 0 Å². The summed E-state index contributed by atoms with van der Waals surface area (Å²) in [5.41, 5.74) is 0.836. The van der Waals surface area contributed by atoms with Crippen molar-refractivity contribution >= 4 is 33.2 Å². The molecule has 0 aliphatic heterocycles. The molecule has 0 aliphatic rings. The number of nitrogens with one attached hydrogen (secondary N) is 1. The first-order valence-electron chi connectivity index (χ1n) is 5.79. The van der Waals surface area contributed by atoms with Crippen LogP contribution in [0.4, 0.5) is 14.5 Å². The standard InChI is InChI=1S/C13H7BrF2N4O/c14-11-4-18-12-5-17-10(6-20(11)12)13(21)19-7-1-2-8(15)9(16)3-7/h1-6H,(H,19,21). The summed E-state index contributed by atoms with van der Waals surface area (Å²) in [5.74, 6) is -2.55. The lowest BCUT2D eigenvalue weighted by atomic mass is 10.3. The van der Waals surface area contributed by atoms with E-state index in [0.717, 1.165) is 12.1 Å². The van der Waals surface area contributed by atoms with Crippen molar-refractivity contribution < 1.29 is 13.6 Å². The molecule has 0 unspecified atom stereocenters. The predicted octanol–water partition coefficient (Wildman–Crippen LogP) is 3.02. The Kier molecular flexibility index (Phi) is 3.38. The lowest BCUT2D eigenvalue weighted by Gasteiger charge is -2.05. The summed E-state index contributed by atoms with van der Waals surface area (Å²) in [6.07, 6.45) is 4.50. The molecule has 5 nitrogen and oxygen atoms in total. The number of imidazole rings is 1. The average Bonchev–Trinajstić information content (AvgIpc) is 2.84. The Labute approximate surface area is 125 Å². The number of nitrogens with zero attached hydrogens (tertiary/aromatic N) is 3. The molecular formula is C13H7BrF2N4O. The number of rotatable bonds is 2. The summed E-state index contributed by atoms with van der Waals surface area (Å²) in [4.78, 5) is 20.1. The molecular weight excluding hydrogens is 346 g/mol. The van der Waals surface area contributed by atoms with E-state index in [1.165, 1.54) is 18.5 Å². The molecule has 2 aromatic heterocycles. The Morgan fingerprint density at radius 2 is 2.00 bits per heavy atom. The van der Waals surface area contributed by atoms with E-state index in [9.17, 15) is 13.6 Å². The Balaban J connectivity index is 1.89. The van der Waals surface area contributed by atoms with Crippen LogP contribution in [0.3, 0.4) is 0 Å². The maximum atomic E-state index is 13.1. The maximum absolute atomic E-state index is 13.1. The molecule has 0 atom stereocenters. The lowest BCUT2D eigenvalue weighted by molar-refractivity contribution is 0.102. The molecule has 0 bridgehead atoms. The molecule has 0 fully saturated rings. The van der Waals surface area contributed by atoms with E-state index in [-0.39, 0.29) is 11.4 Å². The number of amides is 1. The van der Waals surface area contributed by atoms with E-state index >= 15 is 0 Å². The first-order valence-corrected chi connectivity index (χ1v) is 6.59. The third-order valence-corrected chi connectivity index (χ3v) is 3.35. The molecule has 0 spiro atoms. The van der Waals surface area contributed by atoms with E-state index < -0.39 is 17.5 Å². The maximum Gasteiger partial charge on any atom is 0.275 e. The fourth-order valence-electron chi connectivity index (χ4n) is 1.75. The highest BCUT2D eigenvalue weighted by Crippen LogP contribution is 2.15. The zero-order chi connectivity index (χ0) is 15.0. The topological polar surface area (TPSA) is 59.3 Å². The lowest BCUT2D eigenvalue weighted by Crippen LogP contribution is -2.14. The highest BCUT2D eigenvalue weighted by Gasteiger charge is 2.11. The number of halogens is 3. The SMILES string of the molecule is O=C(Nc1ccc(F)c(F)c1)c1cn2c(Br)cnc2cn1. The monoisotopic (exact) mass is 352 g/mol. The van der Waals surface area contributed by atoms with E-state index in [2.05, 4.69) is 31.2 Å². The smallest absolute Gasteiger partial charge is 0.275 e. The van der Waals surface area contributed by atoms with Crippen molar-refractivity contribution in [1.82, 2.24) is 14.4 Å². The third-order valence-electron chi connectivity index (χ3n) is 2.76. The van der Waals surface area contributed by atoms with Crippen molar-refractivity contribution in [3.05, 3.63) is 58.7 Å². The normalized spacial score (nSPS) is 10.8. The van der Waals surface area contributed by atoms with Crippen LogP contribution in [0.15, 0.2) is 41.4 Å². The van der Waals surface area contributed by atoms with Gasteiger partial charge in [0.25, 0.3) is 5.91 Å². The van der Waals surface area contributed by atoms with Gasteiger partial charge in [-0.2, -0.15) is 0 Å². The van der Waals surface area contributed by atoms with Gasteiger partial charge in [-0.15, -0.1) is 0 Å². The fourth-order valence-corrected chi connectivity index (χ4v) is 2.13. The highest BCUT2D eigenvalue weighted by molar-refractivity contribution is 9.10. The molecule has 0 saturated carbocycles. The Bertz CT molecular complexity index is 849. The number of fused-ring (bicyclic) bond motifs is 1. The van der Waals surface area contributed by atoms with Crippen molar-refractivity contribution in [3.63, 3.8) is 0 Å². The van der Waals surface area contributed by atoms with Crippen LogP contribution >= 0.6 is 15.9 Å². The van der Waals surface area contributed by atoms with Gasteiger partial charge < -0.3 is 5.32 Å². The number of hydrogen-bond acceptors (Lipinski definition) is 3. The van der Waals surface area contributed by atoms with Crippen LogP contribution < -0.4 is 5.32 Å². The molecule has 3 aromatic rings. The average molecular weight is 353 g/mol. The van der Waals surface area contributed by atoms with E-state index in [1.54, 1.807) is 10.6 Å². The summed E-state index contributed by atoms with van der Waals surface area (Å²) >= 11 is 3.28. The van der Waals surface area contributed by atoms with E-state index in [1.807, 2.05) is 0 Å². The fraction of sp³-hybridized carbons (Fsp3) is 0. The number of carbonyl (C=O) groups excluding carboxylic acids is 1. The van der Waals surface area contributed by atoms with Gasteiger partial charge in [-0.3, -0.25) is 9.20 Å². The number of benzene rings is 1. The molecule has 0 aliphatic carbocycles. The second-order valence-corrected chi connectivity index (χ2v) is 4.98. The molecule has 106 valence electrons. The molecule has 0 radical (unpaired) electrons. The summed E-state index contributed by atoms with van der Waals surface area (Å²) < 4.78 is 28.2. The van der Waals surface area contributed by atoms with Gasteiger partial charge in [-0.05, 0) is 28.1 Å². The van der Waals surface area contributed by atoms with Crippen molar-refractivity contribution in [2.45, 2.75) is 0 Å². The second kappa shape index (κ2) is 5.21. The number of hydrogen-bond donors (Lipinski definition) is 1. The third kappa shape index (κ3) is 2.62. The summed E-state index contributed by atoms with van der Waals surface area (Å²) in [5, 5.41) is 2.45. The van der Waals surface area contributed by atoms with Gasteiger partial charge in [0.15, 0.2) is 17.3 Å². The zero-order valence-electron chi connectivity index (χ0n) is 10.3. The van der Waals surface area contributed by atoms with Crippen LogP contribution in [-0.2, 0) is 0 Å². The molecule has 21 heavy (non-hydrogen) atoms. The van der Waals surface area contributed by atoms with Gasteiger partial charge in [0.05, 0.1) is 12.4 Å². The Morgan fingerprint density at radius 1 is 1.19 bits per heavy atom. The Morgan fingerprint density at radius 3 is 2.76 bits per heavy atom. The Hall–Kier alpha value is -2.35. The molecule has 2 heterocycles. The molecule has 1 amide bonds. The van der Waals surface area contributed by atoms with Crippen molar-refractivity contribution in [3.8, 4) is 0 Å². The van der Waals surface area contributed by atoms with Crippen molar-refractivity contribution in [2.24, 2.45) is 0 Å². The van der Waals surface area contributed by atoms with Crippen LogP contribution in [0.2, 0.25) is 0 Å². The summed E-state index contributed by atoms with van der Waals surface area (Å²) in [7, 11) is 0. The van der Waals surface area contributed by atoms with Gasteiger partial charge in [0.2, 0.25) is 0 Å². The molecule has 0 saturated heterocycles. The van der Waals surface area contributed by atoms with Crippen LogP contribution in [0.5, 0.6) is 0 Å². The first-order chi connectivity index (χ1) is 10.0. The van der Waals surface area contributed by atoms with Crippen molar-refractivity contribution in [1.29, 1.82) is 0 Å². The molecule has 1 aromatic carbocycles. The van der Waals surface area contributed by atoms with Crippen molar-refractivity contribution in [2.75, 3.05) is 5.32 Å². The van der Waals surface area contributed by atoms with Crippen LogP contribution in [-0.4, -0.2) is 20.3 Å². The number of aromatic nitrogens is 3. The van der Waals surface area contributed by atoms with Gasteiger partial charge in [0, 0.05) is 18.0 Å². The first kappa shape index (κ1) is 13.6. The highest BCUT2D eigenvalue weighted by atomic mass is 79.9. The van der Waals surface area contributed by atoms with E-state index in [0.29, 0.717) is 10.3 Å². The van der Waals surface area contributed by atoms with Gasteiger partial charge in [0.1, 0.15) is 10.3 Å². The molecule has 3 rings (SSSR count). The van der Waals surface area contributed by atoms with Crippen LogP contribution in [0.25, 0.3) is 5.65 Å². The minimum Gasteiger partial charge on any atom is -0.320 e. The largest absolute Gasteiger partial charge is 0.320 e. The number of carbonyl (C=O) groups is 1. The number of anilines is 1. The van der Waals surface area contributed by atoms with Crippen LogP contribution in [0.1, 0.15) is 10.5 Å². The zero-order valence-corrected chi connectivity index (χ0v) is 11.9. The second-order valence-electron chi connectivity index (χ2n) is 4.16. The van der Waals surface area contributed by atoms with Crippen LogP contribution in [0, 0.1) is 11.6 Å². The molecule has 8 heteroatoms.